The summed E-state index contributed by atoms with van der Waals surface area (Å²) in [5.41, 5.74) is 1.98. The van der Waals surface area contributed by atoms with E-state index in [1.165, 1.54) is 24.2 Å². The summed E-state index contributed by atoms with van der Waals surface area (Å²) in [4.78, 5) is 13.1. The van der Waals surface area contributed by atoms with Gasteiger partial charge in [-0.1, -0.05) is 17.4 Å². The fraction of sp³-hybridized carbons (Fsp3) is 0.353. The molecule has 0 spiro atoms. The number of hydrogen-bond acceptors (Lipinski definition) is 6. The second-order valence-electron chi connectivity index (χ2n) is 6.52. The van der Waals surface area contributed by atoms with E-state index in [1.54, 1.807) is 18.9 Å². The first-order valence-corrected chi connectivity index (χ1v) is 9.49. The standard InChI is InChI=1S/C17H18N4OS2/c1-10(22)14-9-21(16-19-18-11(2)23-16)15-8-12(4-5-13(14)15)24-20-17(3)6-7-17/h4-5,8-9,20H,6-7H2,1-3H3. The number of ketones is 1. The van der Waals surface area contributed by atoms with Gasteiger partial charge >= 0.3 is 0 Å². The van der Waals surface area contributed by atoms with E-state index in [-0.39, 0.29) is 11.3 Å². The number of nitrogens with zero attached hydrogens (tertiary/aromatic N) is 3. The van der Waals surface area contributed by atoms with E-state index >= 15 is 0 Å². The van der Waals surface area contributed by atoms with Crippen molar-refractivity contribution in [2.75, 3.05) is 0 Å². The third-order valence-electron chi connectivity index (χ3n) is 4.29. The lowest BCUT2D eigenvalue weighted by Crippen LogP contribution is -2.19. The normalized spacial score (nSPS) is 15.8. The van der Waals surface area contributed by atoms with Crippen LogP contribution in [0.15, 0.2) is 29.3 Å². The van der Waals surface area contributed by atoms with Crippen LogP contribution in [-0.4, -0.2) is 26.1 Å². The molecule has 7 heteroatoms. The van der Waals surface area contributed by atoms with Crippen molar-refractivity contribution >= 4 is 40.0 Å². The van der Waals surface area contributed by atoms with Crippen molar-refractivity contribution < 1.29 is 4.79 Å². The molecule has 1 N–H and O–H groups in total. The maximum atomic E-state index is 12.0. The highest BCUT2D eigenvalue weighted by Crippen LogP contribution is 2.38. The van der Waals surface area contributed by atoms with E-state index < -0.39 is 0 Å². The molecule has 1 aliphatic rings. The molecule has 0 bridgehead atoms. The summed E-state index contributed by atoms with van der Waals surface area (Å²) in [6.45, 7) is 5.77. The van der Waals surface area contributed by atoms with E-state index in [4.69, 9.17) is 0 Å². The lowest BCUT2D eigenvalue weighted by Gasteiger charge is -2.10. The number of hydrogen-bond donors (Lipinski definition) is 1. The van der Waals surface area contributed by atoms with Gasteiger partial charge in [0.05, 0.1) is 5.52 Å². The van der Waals surface area contributed by atoms with E-state index in [0.717, 1.165) is 31.5 Å². The van der Waals surface area contributed by atoms with Gasteiger partial charge in [-0.25, -0.2) is 0 Å². The predicted molar refractivity (Wildman–Crippen MR) is 98.1 cm³/mol. The van der Waals surface area contributed by atoms with E-state index in [9.17, 15) is 4.79 Å². The SMILES string of the molecule is CC(=O)c1cn(-c2nnc(C)s2)c2cc(SNC3(C)CC3)ccc12. The van der Waals surface area contributed by atoms with Gasteiger partial charge in [0, 0.05) is 27.6 Å². The van der Waals surface area contributed by atoms with Crippen molar-refractivity contribution in [3.63, 3.8) is 0 Å². The molecule has 1 aromatic carbocycles. The minimum Gasteiger partial charge on any atom is -0.294 e. The number of rotatable bonds is 5. The monoisotopic (exact) mass is 358 g/mol. The van der Waals surface area contributed by atoms with Crippen LogP contribution in [0.3, 0.4) is 0 Å². The number of aromatic nitrogens is 3. The van der Waals surface area contributed by atoms with Crippen molar-refractivity contribution in [3.8, 4) is 5.13 Å². The lowest BCUT2D eigenvalue weighted by molar-refractivity contribution is 0.101. The number of carbonyl (C=O) groups is 1. The molecule has 2 aromatic heterocycles. The molecule has 0 saturated heterocycles. The molecule has 1 aliphatic carbocycles. The minimum atomic E-state index is 0.0593. The number of Topliss-reactive ketones (excluding diaryl/α,β-unsaturated/α-hetero) is 1. The second-order valence-corrected chi connectivity index (χ2v) is 8.56. The van der Waals surface area contributed by atoms with Crippen LogP contribution < -0.4 is 4.72 Å². The smallest absolute Gasteiger partial charge is 0.216 e. The third-order valence-corrected chi connectivity index (χ3v) is 6.22. The van der Waals surface area contributed by atoms with Gasteiger partial charge in [-0.2, -0.15) is 0 Å². The molecule has 0 radical (unpaired) electrons. The first-order chi connectivity index (χ1) is 11.5. The van der Waals surface area contributed by atoms with Crippen molar-refractivity contribution in [1.82, 2.24) is 19.5 Å². The van der Waals surface area contributed by atoms with Crippen LogP contribution in [0.1, 0.15) is 42.1 Å². The number of nitrogens with one attached hydrogen (secondary N) is 1. The van der Waals surface area contributed by atoms with Crippen molar-refractivity contribution in [1.29, 1.82) is 0 Å². The van der Waals surface area contributed by atoms with Crippen molar-refractivity contribution in [3.05, 3.63) is 35.0 Å². The number of aryl methyl sites for hydroxylation is 1. The molecule has 2 heterocycles. The summed E-state index contributed by atoms with van der Waals surface area (Å²) in [5.74, 6) is 0.0593. The van der Waals surface area contributed by atoms with E-state index in [2.05, 4.69) is 34.0 Å². The largest absolute Gasteiger partial charge is 0.294 e. The molecule has 0 unspecified atom stereocenters. The minimum absolute atomic E-state index is 0.0593. The fourth-order valence-corrected chi connectivity index (χ4v) is 4.12. The lowest BCUT2D eigenvalue weighted by atomic mass is 10.1. The Morgan fingerprint density at radius 1 is 1.38 bits per heavy atom. The Morgan fingerprint density at radius 3 is 2.79 bits per heavy atom. The maximum absolute atomic E-state index is 12.0. The molecule has 1 fully saturated rings. The summed E-state index contributed by atoms with van der Waals surface area (Å²) >= 11 is 3.17. The summed E-state index contributed by atoms with van der Waals surface area (Å²) in [6.07, 6.45) is 4.31. The molecule has 124 valence electrons. The highest BCUT2D eigenvalue weighted by atomic mass is 32.2. The van der Waals surface area contributed by atoms with Gasteiger partial charge in [0.25, 0.3) is 0 Å². The van der Waals surface area contributed by atoms with Gasteiger partial charge in [0.15, 0.2) is 5.78 Å². The Labute approximate surface area is 148 Å². The summed E-state index contributed by atoms with van der Waals surface area (Å²) < 4.78 is 5.49. The Balaban J connectivity index is 1.79. The molecule has 3 aromatic rings. The van der Waals surface area contributed by atoms with Crippen LogP contribution in [0, 0.1) is 6.92 Å². The summed E-state index contributed by atoms with van der Waals surface area (Å²) in [7, 11) is 0. The fourth-order valence-electron chi connectivity index (χ4n) is 2.56. The Kier molecular flexibility index (Phi) is 3.74. The average molecular weight is 358 g/mol. The van der Waals surface area contributed by atoms with Crippen LogP contribution in [0.2, 0.25) is 0 Å². The Hall–Kier alpha value is -1.70. The van der Waals surface area contributed by atoms with Gasteiger partial charge in [-0.3, -0.25) is 14.1 Å². The molecule has 0 aliphatic heterocycles. The van der Waals surface area contributed by atoms with Crippen molar-refractivity contribution in [2.24, 2.45) is 0 Å². The second kappa shape index (κ2) is 5.68. The van der Waals surface area contributed by atoms with E-state index in [0.29, 0.717) is 0 Å². The highest BCUT2D eigenvalue weighted by molar-refractivity contribution is 7.97. The molecule has 24 heavy (non-hydrogen) atoms. The molecule has 1 saturated carbocycles. The molecular formula is C17H18N4OS2. The van der Waals surface area contributed by atoms with Gasteiger partial charge in [0.2, 0.25) is 5.13 Å². The zero-order chi connectivity index (χ0) is 16.9. The molecule has 4 rings (SSSR count). The van der Waals surface area contributed by atoms with Crippen LogP contribution >= 0.6 is 23.3 Å². The molecule has 5 nitrogen and oxygen atoms in total. The summed E-state index contributed by atoms with van der Waals surface area (Å²) in [6, 6.07) is 6.20. The third kappa shape index (κ3) is 2.87. The van der Waals surface area contributed by atoms with Gasteiger partial charge in [-0.15, -0.1) is 10.2 Å². The quantitative estimate of drug-likeness (QED) is 0.549. The van der Waals surface area contributed by atoms with Gasteiger partial charge in [0.1, 0.15) is 5.01 Å². The summed E-state index contributed by atoms with van der Waals surface area (Å²) in [5, 5.41) is 11.0. The molecule has 0 amide bonds. The van der Waals surface area contributed by atoms with Crippen LogP contribution in [0.4, 0.5) is 0 Å². The number of fused-ring (bicyclic) bond motifs is 1. The Morgan fingerprint density at radius 2 is 2.17 bits per heavy atom. The van der Waals surface area contributed by atoms with E-state index in [1.807, 2.05) is 23.8 Å². The van der Waals surface area contributed by atoms with Crippen LogP contribution in [0.5, 0.6) is 0 Å². The zero-order valence-electron chi connectivity index (χ0n) is 13.8. The molecule has 0 atom stereocenters. The van der Waals surface area contributed by atoms with Crippen molar-refractivity contribution in [2.45, 2.75) is 44.0 Å². The number of benzene rings is 1. The van der Waals surface area contributed by atoms with Gasteiger partial charge < -0.3 is 0 Å². The number of carbonyl (C=O) groups excluding carboxylic acids is 1. The van der Waals surface area contributed by atoms with Gasteiger partial charge in [-0.05, 0) is 57.7 Å². The highest BCUT2D eigenvalue weighted by Gasteiger charge is 2.37. The topological polar surface area (TPSA) is 59.8 Å². The predicted octanol–water partition coefficient (Wildman–Crippen LogP) is 4.14. The van der Waals surface area contributed by atoms with Crippen LogP contribution in [0.25, 0.3) is 16.0 Å². The first-order valence-electron chi connectivity index (χ1n) is 7.86. The molecular weight excluding hydrogens is 340 g/mol. The Bertz CT molecular complexity index is 939. The first kappa shape index (κ1) is 15.8. The zero-order valence-corrected chi connectivity index (χ0v) is 15.4. The van der Waals surface area contributed by atoms with Crippen LogP contribution in [-0.2, 0) is 0 Å². The maximum Gasteiger partial charge on any atom is 0.216 e. The average Bonchev–Trinajstić information content (AvgIpc) is 2.96.